The second kappa shape index (κ2) is 10.8. The molecule has 0 aromatic heterocycles. The van der Waals surface area contributed by atoms with Crippen molar-refractivity contribution in [1.82, 2.24) is 0 Å². The molecule has 0 radical (unpaired) electrons. The molecule has 0 aliphatic rings. The van der Waals surface area contributed by atoms with Gasteiger partial charge in [-0.05, 0) is 50.2 Å². The summed E-state index contributed by atoms with van der Waals surface area (Å²) in [5, 5.41) is 0. The molecule has 0 fully saturated rings. The average molecular weight is 331 g/mol. The molecule has 0 aliphatic heterocycles. The summed E-state index contributed by atoms with van der Waals surface area (Å²) in [7, 11) is -1.52. The minimum Gasteiger partial charge on any atom is -0.417 e. The van der Waals surface area contributed by atoms with Crippen LogP contribution in [0.2, 0.25) is 19.1 Å². The van der Waals surface area contributed by atoms with E-state index in [-0.39, 0.29) is 5.41 Å². The number of ether oxygens (including phenoxy) is 1. The Morgan fingerprint density at radius 1 is 0.864 bits per heavy atom. The maximum absolute atomic E-state index is 6.53. The molecule has 0 spiro atoms. The zero-order valence-corrected chi connectivity index (χ0v) is 17.6. The van der Waals surface area contributed by atoms with E-state index in [0.29, 0.717) is 11.8 Å². The quantitative estimate of drug-likeness (QED) is 0.299. The Hall–Kier alpha value is 0.137. The van der Waals surface area contributed by atoms with Crippen molar-refractivity contribution in [3.05, 3.63) is 0 Å². The molecule has 0 saturated carbocycles. The number of hydrogen-bond donors (Lipinski definition) is 0. The fraction of sp³-hybridized carbons (Fsp3) is 1.00. The monoisotopic (exact) mass is 330 g/mol. The van der Waals surface area contributed by atoms with Gasteiger partial charge in [0.2, 0.25) is 0 Å². The van der Waals surface area contributed by atoms with E-state index in [1.165, 1.54) is 25.3 Å². The Bertz CT molecular complexity index is 265. The first-order chi connectivity index (χ1) is 10.2. The molecule has 0 bridgehead atoms. The van der Waals surface area contributed by atoms with Crippen LogP contribution >= 0.6 is 0 Å². The normalized spacial score (nSPS) is 13.4. The Labute approximate surface area is 141 Å². The summed E-state index contributed by atoms with van der Waals surface area (Å²) in [5.41, 5.74) is 0.190. The lowest BCUT2D eigenvalue weighted by atomic mass is 9.75. The van der Waals surface area contributed by atoms with Crippen LogP contribution in [0.3, 0.4) is 0 Å². The van der Waals surface area contributed by atoms with E-state index in [0.717, 1.165) is 26.2 Å². The van der Waals surface area contributed by atoms with E-state index in [2.05, 4.69) is 54.6 Å². The Morgan fingerprint density at radius 3 is 1.82 bits per heavy atom. The van der Waals surface area contributed by atoms with Gasteiger partial charge >= 0.3 is 0 Å². The van der Waals surface area contributed by atoms with Crippen molar-refractivity contribution in [2.75, 3.05) is 19.8 Å². The van der Waals surface area contributed by atoms with Crippen molar-refractivity contribution >= 4 is 8.32 Å². The first kappa shape index (κ1) is 22.1. The number of hydrogen-bond acceptors (Lipinski definition) is 2. The van der Waals surface area contributed by atoms with Crippen molar-refractivity contribution in [2.45, 2.75) is 86.4 Å². The van der Waals surface area contributed by atoms with Gasteiger partial charge in [0.25, 0.3) is 0 Å². The zero-order chi connectivity index (χ0) is 17.2. The second-order valence-corrected chi connectivity index (χ2v) is 12.9. The highest BCUT2D eigenvalue weighted by Crippen LogP contribution is 2.36. The number of rotatable bonds is 13. The van der Waals surface area contributed by atoms with Gasteiger partial charge in [0.05, 0.1) is 6.61 Å². The lowest BCUT2D eigenvalue weighted by Gasteiger charge is -2.39. The van der Waals surface area contributed by atoms with Gasteiger partial charge in [0.1, 0.15) is 0 Å². The first-order valence-corrected chi connectivity index (χ1v) is 12.5. The van der Waals surface area contributed by atoms with Gasteiger partial charge in [-0.1, -0.05) is 48.0 Å². The standard InChI is InChI=1S/C19H42O2Si/c1-9-11-20-15-19(13-17(3)4,14-18(5)6)16-21-22(7,8)12-10-2/h17-18H,9-16H2,1-8H3. The minimum absolute atomic E-state index is 0.190. The van der Waals surface area contributed by atoms with E-state index in [4.69, 9.17) is 9.16 Å². The second-order valence-electron chi connectivity index (χ2n) is 8.55. The van der Waals surface area contributed by atoms with Gasteiger partial charge in [-0.3, -0.25) is 0 Å². The van der Waals surface area contributed by atoms with Crippen LogP contribution in [0.5, 0.6) is 0 Å². The molecule has 0 heterocycles. The van der Waals surface area contributed by atoms with E-state index in [1.807, 2.05) is 0 Å². The van der Waals surface area contributed by atoms with Crippen molar-refractivity contribution in [3.63, 3.8) is 0 Å². The molecule has 134 valence electrons. The summed E-state index contributed by atoms with van der Waals surface area (Å²) in [6.07, 6.45) is 4.72. The molecular formula is C19H42O2Si. The van der Waals surface area contributed by atoms with Crippen LogP contribution in [0, 0.1) is 17.3 Å². The molecule has 2 nitrogen and oxygen atoms in total. The summed E-state index contributed by atoms with van der Waals surface area (Å²) in [5.74, 6) is 1.37. The van der Waals surface area contributed by atoms with Crippen molar-refractivity contribution in [1.29, 1.82) is 0 Å². The van der Waals surface area contributed by atoms with Gasteiger partial charge in [-0.15, -0.1) is 0 Å². The largest absolute Gasteiger partial charge is 0.417 e. The van der Waals surface area contributed by atoms with Crippen molar-refractivity contribution < 1.29 is 9.16 Å². The Morgan fingerprint density at radius 2 is 1.41 bits per heavy atom. The van der Waals surface area contributed by atoms with Gasteiger partial charge in [-0.2, -0.15) is 0 Å². The molecule has 0 N–H and O–H groups in total. The van der Waals surface area contributed by atoms with E-state index in [1.54, 1.807) is 0 Å². The molecule has 22 heavy (non-hydrogen) atoms. The highest BCUT2D eigenvalue weighted by molar-refractivity contribution is 6.71. The molecule has 0 atom stereocenters. The van der Waals surface area contributed by atoms with Crippen molar-refractivity contribution in [2.24, 2.45) is 17.3 Å². The smallest absolute Gasteiger partial charge is 0.186 e. The van der Waals surface area contributed by atoms with Gasteiger partial charge in [-0.25, -0.2) is 0 Å². The summed E-state index contributed by atoms with van der Waals surface area (Å²) < 4.78 is 12.5. The first-order valence-electron chi connectivity index (χ1n) is 9.38. The molecule has 3 heteroatoms. The maximum atomic E-state index is 6.53. The highest BCUT2D eigenvalue weighted by Gasteiger charge is 2.35. The molecule has 0 unspecified atom stereocenters. The molecule has 0 aromatic carbocycles. The summed E-state index contributed by atoms with van der Waals surface area (Å²) in [6, 6.07) is 1.25. The third-order valence-corrected chi connectivity index (χ3v) is 6.69. The maximum Gasteiger partial charge on any atom is 0.186 e. The van der Waals surface area contributed by atoms with Crippen LogP contribution in [-0.4, -0.2) is 28.1 Å². The van der Waals surface area contributed by atoms with Crippen LogP contribution < -0.4 is 0 Å². The molecule has 0 amide bonds. The fourth-order valence-corrected chi connectivity index (χ4v) is 5.59. The third-order valence-electron chi connectivity index (χ3n) is 4.06. The van der Waals surface area contributed by atoms with Crippen LogP contribution in [-0.2, 0) is 9.16 Å². The van der Waals surface area contributed by atoms with Crippen LogP contribution in [0.1, 0.15) is 67.2 Å². The third kappa shape index (κ3) is 10.0. The van der Waals surface area contributed by atoms with Gasteiger partial charge in [0, 0.05) is 18.6 Å². The highest BCUT2D eigenvalue weighted by atomic mass is 28.4. The Kier molecular flexibility index (Phi) is 10.9. The molecule has 0 saturated heterocycles. The molecule has 0 aromatic rings. The van der Waals surface area contributed by atoms with Crippen LogP contribution in [0.15, 0.2) is 0 Å². The van der Waals surface area contributed by atoms with Crippen LogP contribution in [0.25, 0.3) is 0 Å². The predicted molar refractivity (Wildman–Crippen MR) is 101 cm³/mol. The average Bonchev–Trinajstić information content (AvgIpc) is 2.35. The van der Waals surface area contributed by atoms with E-state index in [9.17, 15) is 0 Å². The van der Waals surface area contributed by atoms with E-state index < -0.39 is 8.32 Å². The molecule has 0 rings (SSSR count). The molecular weight excluding hydrogens is 288 g/mol. The topological polar surface area (TPSA) is 18.5 Å². The summed E-state index contributed by atoms with van der Waals surface area (Å²) in [6.45, 7) is 21.1. The SMILES string of the molecule is CCCOCC(CO[Si](C)(C)CCC)(CC(C)C)CC(C)C. The lowest BCUT2D eigenvalue weighted by Crippen LogP contribution is -2.41. The van der Waals surface area contributed by atoms with Gasteiger partial charge < -0.3 is 9.16 Å². The summed E-state index contributed by atoms with van der Waals surface area (Å²) in [4.78, 5) is 0. The molecule has 0 aliphatic carbocycles. The summed E-state index contributed by atoms with van der Waals surface area (Å²) >= 11 is 0. The van der Waals surface area contributed by atoms with Crippen LogP contribution in [0.4, 0.5) is 0 Å². The zero-order valence-electron chi connectivity index (χ0n) is 16.6. The van der Waals surface area contributed by atoms with E-state index >= 15 is 0 Å². The lowest BCUT2D eigenvalue weighted by molar-refractivity contribution is -0.0141. The minimum atomic E-state index is -1.52. The van der Waals surface area contributed by atoms with Crippen molar-refractivity contribution in [3.8, 4) is 0 Å². The Balaban J connectivity index is 4.97. The predicted octanol–water partition coefficient (Wildman–Crippen LogP) is 6.12. The fourth-order valence-electron chi connectivity index (χ4n) is 3.55. The van der Waals surface area contributed by atoms with Gasteiger partial charge in [0.15, 0.2) is 8.32 Å².